The number of rotatable bonds is 12. The number of halogens is 1. The molecule has 190 valence electrons. The zero-order chi connectivity index (χ0) is 25.9. The standard InChI is InChI=1S/C30H35ClN2O2S/c1-4-14-32-30(35)28(18-24-8-6-5-7-9-24)33(19-25-10-12-27(31)13-11-25)29(34)21-36-20-26-16-22(2)15-23(3)17-26/h5-13,15-17,28H,4,14,18-21H2,1-3H3,(H,32,35)/t28-/m1/s1. The fraction of sp³-hybridized carbons (Fsp3) is 0.333. The van der Waals surface area contributed by atoms with Crippen molar-refractivity contribution in [3.05, 3.63) is 106 Å². The van der Waals surface area contributed by atoms with E-state index in [1.165, 1.54) is 16.7 Å². The number of carbonyl (C=O) groups is 2. The predicted octanol–water partition coefficient (Wildman–Crippen LogP) is 6.36. The number of nitrogens with zero attached hydrogens (tertiary/aromatic N) is 1. The highest BCUT2D eigenvalue weighted by Crippen LogP contribution is 2.20. The minimum atomic E-state index is -0.607. The first-order chi connectivity index (χ1) is 17.4. The molecule has 0 aliphatic rings. The van der Waals surface area contributed by atoms with Crippen molar-refractivity contribution in [1.82, 2.24) is 10.2 Å². The highest BCUT2D eigenvalue weighted by Gasteiger charge is 2.30. The molecule has 6 heteroatoms. The second kappa shape index (κ2) is 14.1. The number of amides is 2. The highest BCUT2D eigenvalue weighted by atomic mass is 35.5. The molecule has 1 N–H and O–H groups in total. The first-order valence-electron chi connectivity index (χ1n) is 12.4. The third kappa shape index (κ3) is 8.72. The van der Waals surface area contributed by atoms with E-state index in [1.807, 2.05) is 61.5 Å². The van der Waals surface area contributed by atoms with Crippen molar-refractivity contribution in [1.29, 1.82) is 0 Å². The van der Waals surface area contributed by atoms with Crippen molar-refractivity contribution in [3.8, 4) is 0 Å². The zero-order valence-corrected chi connectivity index (χ0v) is 22.9. The van der Waals surface area contributed by atoms with Gasteiger partial charge in [-0.2, -0.15) is 0 Å². The van der Waals surface area contributed by atoms with Gasteiger partial charge in [0.05, 0.1) is 5.75 Å². The van der Waals surface area contributed by atoms with Crippen LogP contribution in [0.5, 0.6) is 0 Å². The molecule has 0 unspecified atom stereocenters. The van der Waals surface area contributed by atoms with E-state index in [9.17, 15) is 9.59 Å². The molecule has 0 aromatic heterocycles. The molecule has 0 radical (unpaired) electrons. The summed E-state index contributed by atoms with van der Waals surface area (Å²) in [4.78, 5) is 28.7. The summed E-state index contributed by atoms with van der Waals surface area (Å²) >= 11 is 7.67. The molecule has 3 aromatic rings. The molecule has 1 atom stereocenters. The van der Waals surface area contributed by atoms with Crippen LogP contribution in [-0.2, 0) is 28.3 Å². The third-order valence-corrected chi connectivity index (χ3v) is 7.10. The zero-order valence-electron chi connectivity index (χ0n) is 21.3. The molecule has 0 fully saturated rings. The summed E-state index contributed by atoms with van der Waals surface area (Å²) in [6.45, 7) is 7.12. The minimum absolute atomic E-state index is 0.0492. The number of nitrogens with one attached hydrogen (secondary N) is 1. The molecule has 0 bridgehead atoms. The molecular weight excluding hydrogens is 488 g/mol. The molecule has 0 aliphatic heterocycles. The summed E-state index contributed by atoms with van der Waals surface area (Å²) in [7, 11) is 0. The first kappa shape index (κ1) is 27.8. The largest absolute Gasteiger partial charge is 0.354 e. The van der Waals surface area contributed by atoms with Crippen LogP contribution < -0.4 is 5.32 Å². The van der Waals surface area contributed by atoms with Gasteiger partial charge in [-0.1, -0.05) is 90.3 Å². The summed E-state index contributed by atoms with van der Waals surface area (Å²) in [6, 6.07) is 23.2. The van der Waals surface area contributed by atoms with Gasteiger partial charge < -0.3 is 10.2 Å². The average Bonchev–Trinajstić information content (AvgIpc) is 2.85. The monoisotopic (exact) mass is 522 g/mol. The lowest BCUT2D eigenvalue weighted by molar-refractivity contribution is -0.139. The van der Waals surface area contributed by atoms with Gasteiger partial charge in [0.15, 0.2) is 0 Å². The molecule has 0 aliphatic carbocycles. The maximum Gasteiger partial charge on any atom is 0.243 e. The van der Waals surface area contributed by atoms with Gasteiger partial charge in [0.1, 0.15) is 6.04 Å². The second-order valence-corrected chi connectivity index (χ2v) is 10.6. The van der Waals surface area contributed by atoms with Crippen molar-refractivity contribution in [2.75, 3.05) is 12.3 Å². The quantitative estimate of drug-likeness (QED) is 0.301. The fourth-order valence-electron chi connectivity index (χ4n) is 4.20. The van der Waals surface area contributed by atoms with Crippen molar-refractivity contribution < 1.29 is 9.59 Å². The number of hydrogen-bond donors (Lipinski definition) is 1. The van der Waals surface area contributed by atoms with Gasteiger partial charge in [-0.3, -0.25) is 9.59 Å². The van der Waals surface area contributed by atoms with Crippen LogP contribution in [0.4, 0.5) is 0 Å². The van der Waals surface area contributed by atoms with E-state index in [1.54, 1.807) is 16.7 Å². The highest BCUT2D eigenvalue weighted by molar-refractivity contribution is 7.99. The summed E-state index contributed by atoms with van der Waals surface area (Å²) in [5.41, 5.74) is 5.60. The van der Waals surface area contributed by atoms with Gasteiger partial charge in [-0.15, -0.1) is 11.8 Å². The Labute approximate surface area is 224 Å². The van der Waals surface area contributed by atoms with E-state index in [2.05, 4.69) is 37.4 Å². The minimum Gasteiger partial charge on any atom is -0.354 e. The number of carbonyl (C=O) groups excluding carboxylic acids is 2. The smallest absolute Gasteiger partial charge is 0.243 e. The molecule has 0 spiro atoms. The van der Waals surface area contributed by atoms with Crippen LogP contribution in [-0.4, -0.2) is 35.1 Å². The van der Waals surface area contributed by atoms with Gasteiger partial charge in [-0.05, 0) is 49.1 Å². The normalized spacial score (nSPS) is 11.7. The SMILES string of the molecule is CCCNC(=O)[C@@H](Cc1ccccc1)N(Cc1ccc(Cl)cc1)C(=O)CSCc1cc(C)cc(C)c1. The Morgan fingerprint density at radius 2 is 1.58 bits per heavy atom. The Kier molecular flexibility index (Phi) is 10.9. The van der Waals surface area contributed by atoms with Gasteiger partial charge in [0.2, 0.25) is 11.8 Å². The molecule has 2 amide bonds. The van der Waals surface area contributed by atoms with E-state index in [0.717, 1.165) is 23.3 Å². The van der Waals surface area contributed by atoms with E-state index < -0.39 is 6.04 Å². The predicted molar refractivity (Wildman–Crippen MR) is 151 cm³/mol. The lowest BCUT2D eigenvalue weighted by atomic mass is 10.0. The third-order valence-electron chi connectivity index (χ3n) is 5.86. The van der Waals surface area contributed by atoms with Crippen LogP contribution >= 0.6 is 23.4 Å². The molecule has 0 heterocycles. The van der Waals surface area contributed by atoms with Crippen LogP contribution in [0.25, 0.3) is 0 Å². The lowest BCUT2D eigenvalue weighted by Crippen LogP contribution is -2.51. The topological polar surface area (TPSA) is 49.4 Å². The van der Waals surface area contributed by atoms with Crippen molar-refractivity contribution in [3.63, 3.8) is 0 Å². The molecule has 0 saturated carbocycles. The lowest BCUT2D eigenvalue weighted by Gasteiger charge is -2.31. The summed E-state index contributed by atoms with van der Waals surface area (Å²) in [5.74, 6) is 0.871. The van der Waals surface area contributed by atoms with E-state index in [0.29, 0.717) is 30.3 Å². The Morgan fingerprint density at radius 1 is 0.917 bits per heavy atom. The van der Waals surface area contributed by atoms with E-state index in [4.69, 9.17) is 11.6 Å². The van der Waals surface area contributed by atoms with Gasteiger partial charge >= 0.3 is 0 Å². The summed E-state index contributed by atoms with van der Waals surface area (Å²) in [5, 5.41) is 3.66. The van der Waals surface area contributed by atoms with Crippen molar-refractivity contribution in [2.45, 2.75) is 52.0 Å². The van der Waals surface area contributed by atoms with Crippen molar-refractivity contribution >= 4 is 35.2 Å². The number of aryl methyl sites for hydroxylation is 2. The van der Waals surface area contributed by atoms with Crippen LogP contribution in [0.2, 0.25) is 5.02 Å². The molecule has 3 aromatic carbocycles. The van der Waals surface area contributed by atoms with Gasteiger partial charge in [0.25, 0.3) is 0 Å². The van der Waals surface area contributed by atoms with Crippen LogP contribution in [0, 0.1) is 13.8 Å². The van der Waals surface area contributed by atoms with E-state index in [-0.39, 0.29) is 11.8 Å². The van der Waals surface area contributed by atoms with Crippen LogP contribution in [0.1, 0.15) is 41.2 Å². The number of benzene rings is 3. The van der Waals surface area contributed by atoms with Crippen molar-refractivity contribution in [2.24, 2.45) is 0 Å². The van der Waals surface area contributed by atoms with Gasteiger partial charge in [-0.25, -0.2) is 0 Å². The molecule has 3 rings (SSSR count). The maximum absolute atomic E-state index is 13.6. The Morgan fingerprint density at radius 3 is 2.22 bits per heavy atom. The van der Waals surface area contributed by atoms with Crippen LogP contribution in [0.15, 0.2) is 72.8 Å². The second-order valence-electron chi connectivity index (χ2n) is 9.13. The Balaban J connectivity index is 1.83. The number of thioether (sulfide) groups is 1. The fourth-order valence-corrected chi connectivity index (χ4v) is 5.17. The molecule has 4 nitrogen and oxygen atoms in total. The molecule has 0 saturated heterocycles. The summed E-state index contributed by atoms with van der Waals surface area (Å²) in [6.07, 6.45) is 1.29. The number of hydrogen-bond acceptors (Lipinski definition) is 3. The first-order valence-corrected chi connectivity index (χ1v) is 13.9. The Hall–Kier alpha value is -2.76. The van der Waals surface area contributed by atoms with E-state index >= 15 is 0 Å². The molecular formula is C30H35ClN2O2S. The maximum atomic E-state index is 13.6. The average molecular weight is 523 g/mol. The van der Waals surface area contributed by atoms with Gasteiger partial charge in [0, 0.05) is 30.3 Å². The van der Waals surface area contributed by atoms with Crippen LogP contribution in [0.3, 0.4) is 0 Å². The molecule has 36 heavy (non-hydrogen) atoms. The summed E-state index contributed by atoms with van der Waals surface area (Å²) < 4.78 is 0. The Bertz CT molecular complexity index is 1120.